The Labute approximate surface area is 289 Å². The van der Waals surface area contributed by atoms with Crippen LogP contribution in [-0.2, 0) is 19.2 Å². The van der Waals surface area contributed by atoms with Crippen molar-refractivity contribution in [2.24, 2.45) is 31.8 Å². The molecule has 0 saturated carbocycles. The van der Waals surface area contributed by atoms with Gasteiger partial charge in [-0.25, -0.2) is 19.8 Å². The van der Waals surface area contributed by atoms with E-state index in [1.807, 2.05) is 52.0 Å². The van der Waals surface area contributed by atoms with Gasteiger partial charge in [-0.1, -0.05) is 32.2 Å². The van der Waals surface area contributed by atoms with Gasteiger partial charge in [0.15, 0.2) is 0 Å². The van der Waals surface area contributed by atoms with Crippen molar-refractivity contribution in [3.8, 4) is 0 Å². The van der Waals surface area contributed by atoms with Crippen molar-refractivity contribution >= 4 is 46.7 Å². The van der Waals surface area contributed by atoms with Crippen LogP contribution in [0.15, 0.2) is 126 Å². The molecule has 4 N–H and O–H groups in total. The number of rotatable bonds is 12. The average Bonchev–Trinajstić information content (AvgIpc) is 3.71. The van der Waals surface area contributed by atoms with E-state index < -0.39 is 36.3 Å². The number of amides is 1. The third kappa shape index (κ3) is 7.14. The molecule has 12 heteroatoms. The number of nitrogens with one attached hydrogen (secondary N) is 1. The van der Waals surface area contributed by atoms with Gasteiger partial charge in [-0.05, 0) is 80.2 Å². The van der Waals surface area contributed by atoms with Gasteiger partial charge in [0.25, 0.3) is 0 Å². The molecule has 0 aromatic carbocycles. The Morgan fingerprint density at radius 2 is 1.34 bits per heavy atom. The highest BCUT2D eigenvalue weighted by Gasteiger charge is 2.34. The standard InChI is InChI=1S/C38H39N5O7/c1-7-22-18(3)26-13-27-21(6)25(10-12-36(45)46)33(41-27)16-32-24(9-11-35(44)43-34(38(49)50)17-37(47)48)20(5)29(42-32)15-31-23(8-2)19(4)28(40-31)14-30(22)39-26/h7-8,13-16,21,25,34H,1-2,9-12,17H2,3-6H3,(H,43,44)(H,45,46)(H,47,48)(H,49,50)/t21?,25?,34-/m0/s1. The molecular formula is C38H39N5O7. The topological polar surface area (TPSA) is 190 Å². The van der Waals surface area contributed by atoms with Crippen LogP contribution < -0.4 is 5.32 Å². The van der Waals surface area contributed by atoms with E-state index in [9.17, 15) is 29.4 Å². The zero-order valence-corrected chi connectivity index (χ0v) is 28.4. The Morgan fingerprint density at radius 1 is 0.780 bits per heavy atom. The number of carboxylic acid groups (broad SMARTS) is 3. The number of aliphatic imine (C=N–C) groups is 4. The number of hydrogen-bond donors (Lipinski definition) is 4. The smallest absolute Gasteiger partial charge is 0.326 e. The maximum atomic E-state index is 12.9. The molecule has 0 aromatic heterocycles. The van der Waals surface area contributed by atoms with E-state index in [1.54, 1.807) is 12.2 Å². The molecule has 0 saturated heterocycles. The van der Waals surface area contributed by atoms with Gasteiger partial charge >= 0.3 is 17.9 Å². The Morgan fingerprint density at radius 3 is 1.88 bits per heavy atom. The Hall–Kier alpha value is -5.78. The molecular weight excluding hydrogens is 638 g/mol. The van der Waals surface area contributed by atoms with Crippen molar-refractivity contribution in [2.45, 2.75) is 65.8 Å². The first kappa shape index (κ1) is 35.5. The number of hydrogen-bond acceptors (Lipinski definition) is 8. The van der Waals surface area contributed by atoms with Crippen molar-refractivity contribution in [3.63, 3.8) is 0 Å². The van der Waals surface area contributed by atoms with Crippen molar-refractivity contribution in [3.05, 3.63) is 106 Å². The lowest BCUT2D eigenvalue weighted by Crippen LogP contribution is -2.42. The summed E-state index contributed by atoms with van der Waals surface area (Å²) in [6.07, 6.45) is 10.6. The van der Waals surface area contributed by atoms with Gasteiger partial charge < -0.3 is 20.6 Å². The first-order valence-electron chi connectivity index (χ1n) is 16.3. The second-order valence-corrected chi connectivity index (χ2v) is 12.7. The van der Waals surface area contributed by atoms with Crippen LogP contribution in [0.5, 0.6) is 0 Å². The van der Waals surface area contributed by atoms with Crippen LogP contribution in [0.2, 0.25) is 0 Å². The molecule has 1 amide bonds. The number of aliphatic carboxylic acids is 3. The maximum Gasteiger partial charge on any atom is 0.326 e. The lowest BCUT2D eigenvalue weighted by Gasteiger charge is -2.16. The van der Waals surface area contributed by atoms with Crippen LogP contribution in [0.25, 0.3) is 0 Å². The van der Waals surface area contributed by atoms with Gasteiger partial charge in [-0.3, -0.25) is 19.4 Å². The molecule has 5 rings (SSSR count). The van der Waals surface area contributed by atoms with E-state index in [2.05, 4.69) is 18.5 Å². The van der Waals surface area contributed by atoms with E-state index in [0.29, 0.717) is 46.2 Å². The summed E-state index contributed by atoms with van der Waals surface area (Å²) in [7, 11) is 0. The van der Waals surface area contributed by atoms with Crippen LogP contribution in [0.4, 0.5) is 0 Å². The zero-order valence-electron chi connectivity index (χ0n) is 28.4. The normalized spacial score (nSPS) is 21.8. The predicted octanol–water partition coefficient (Wildman–Crippen LogP) is 5.62. The van der Waals surface area contributed by atoms with E-state index in [0.717, 1.165) is 39.3 Å². The van der Waals surface area contributed by atoms with Crippen molar-refractivity contribution < 1.29 is 34.5 Å². The summed E-state index contributed by atoms with van der Waals surface area (Å²) < 4.78 is 0. The number of carboxylic acids is 3. The molecule has 8 bridgehead atoms. The van der Waals surface area contributed by atoms with Gasteiger partial charge in [-0.15, -0.1) is 0 Å². The third-order valence-corrected chi connectivity index (χ3v) is 9.51. The Bertz CT molecular complexity index is 1990. The Balaban J connectivity index is 1.64. The summed E-state index contributed by atoms with van der Waals surface area (Å²) in [6, 6.07) is -1.57. The monoisotopic (exact) mass is 677 g/mol. The fourth-order valence-corrected chi connectivity index (χ4v) is 6.62. The van der Waals surface area contributed by atoms with Crippen LogP contribution in [0.3, 0.4) is 0 Å². The number of allylic oxidation sites excluding steroid dienone is 11. The van der Waals surface area contributed by atoms with Crippen molar-refractivity contribution in [1.82, 2.24) is 5.32 Å². The molecule has 5 aliphatic rings. The van der Waals surface area contributed by atoms with E-state index in [1.165, 1.54) is 0 Å². The molecule has 5 heterocycles. The molecule has 12 nitrogen and oxygen atoms in total. The number of carbonyl (C=O) groups is 4. The molecule has 0 aliphatic carbocycles. The SMILES string of the molecule is C=CC1=C(C)C2=NC1=CC1=NC(=CC3=NC(=CC4=NC(=C2)C(C=C)=C4C)C(C)C3CCC(=O)O)C(CCC(=O)N[C@@H](CC(=O)O)C(=O)O)=C1C. The minimum atomic E-state index is -1.57. The maximum absolute atomic E-state index is 12.9. The summed E-state index contributed by atoms with van der Waals surface area (Å²) in [5.41, 5.74) is 10.3. The zero-order chi connectivity index (χ0) is 36.4. The fourth-order valence-electron chi connectivity index (χ4n) is 6.62. The number of fused-ring (bicyclic) bond motifs is 4. The van der Waals surface area contributed by atoms with Crippen LogP contribution >= 0.6 is 0 Å². The van der Waals surface area contributed by atoms with E-state index >= 15 is 0 Å². The minimum Gasteiger partial charge on any atom is -0.481 e. The third-order valence-electron chi connectivity index (χ3n) is 9.51. The minimum absolute atomic E-state index is 0.0580. The highest BCUT2D eigenvalue weighted by Crippen LogP contribution is 2.39. The number of nitrogens with zero attached hydrogens (tertiary/aromatic N) is 4. The second-order valence-electron chi connectivity index (χ2n) is 12.7. The molecule has 0 spiro atoms. The average molecular weight is 678 g/mol. The number of carbonyl (C=O) groups excluding carboxylic acids is 1. The van der Waals surface area contributed by atoms with Gasteiger partial charge in [0, 0.05) is 47.2 Å². The van der Waals surface area contributed by atoms with Gasteiger partial charge in [0.05, 0.1) is 40.6 Å². The first-order chi connectivity index (χ1) is 23.7. The van der Waals surface area contributed by atoms with Crippen LogP contribution in [0.1, 0.15) is 59.8 Å². The van der Waals surface area contributed by atoms with Gasteiger partial charge in [-0.2, -0.15) is 0 Å². The highest BCUT2D eigenvalue weighted by molar-refractivity contribution is 6.19. The van der Waals surface area contributed by atoms with Crippen molar-refractivity contribution in [1.29, 1.82) is 0 Å². The van der Waals surface area contributed by atoms with Gasteiger partial charge in [0.1, 0.15) is 6.04 Å². The summed E-state index contributed by atoms with van der Waals surface area (Å²) in [5, 5.41) is 30.4. The molecule has 5 aliphatic heterocycles. The molecule has 0 fully saturated rings. The summed E-state index contributed by atoms with van der Waals surface area (Å²) >= 11 is 0. The summed E-state index contributed by atoms with van der Waals surface area (Å²) in [5.74, 6) is -4.71. The van der Waals surface area contributed by atoms with E-state index in [-0.39, 0.29) is 31.1 Å². The van der Waals surface area contributed by atoms with E-state index in [4.69, 9.17) is 25.1 Å². The summed E-state index contributed by atoms with van der Waals surface area (Å²) in [6.45, 7) is 15.9. The largest absolute Gasteiger partial charge is 0.481 e. The molecule has 3 atom stereocenters. The fraction of sp³-hybridized carbons (Fsp3) is 0.316. The van der Waals surface area contributed by atoms with Crippen LogP contribution in [-0.4, -0.2) is 68.0 Å². The summed E-state index contributed by atoms with van der Waals surface area (Å²) in [4.78, 5) is 67.1. The van der Waals surface area contributed by atoms with Crippen molar-refractivity contribution in [2.75, 3.05) is 0 Å². The molecule has 0 aromatic rings. The van der Waals surface area contributed by atoms with Gasteiger partial charge in [0.2, 0.25) is 5.91 Å². The lowest BCUT2D eigenvalue weighted by molar-refractivity contribution is -0.147. The molecule has 50 heavy (non-hydrogen) atoms. The molecule has 258 valence electrons. The second kappa shape index (κ2) is 14.4. The molecule has 0 radical (unpaired) electrons. The van der Waals surface area contributed by atoms with Crippen LogP contribution in [0, 0.1) is 11.8 Å². The lowest BCUT2D eigenvalue weighted by atomic mass is 9.85. The highest BCUT2D eigenvalue weighted by atomic mass is 16.4. The predicted molar refractivity (Wildman–Crippen MR) is 191 cm³/mol. The first-order valence-corrected chi connectivity index (χ1v) is 16.3. The quantitative estimate of drug-likeness (QED) is 0.206. The Kier molecular flexibility index (Phi) is 10.2. The molecule has 2 unspecified atom stereocenters.